The second kappa shape index (κ2) is 11.0. The van der Waals surface area contributed by atoms with Crippen molar-refractivity contribution in [1.29, 1.82) is 0 Å². The summed E-state index contributed by atoms with van der Waals surface area (Å²) in [6.45, 7) is 8.46. The minimum atomic E-state index is -1.02. The molecular weight excluding hydrogens is 472 g/mol. The van der Waals surface area contributed by atoms with Crippen LogP contribution in [0, 0.1) is 11.8 Å². The van der Waals surface area contributed by atoms with Crippen LogP contribution in [0.5, 0.6) is 0 Å². The number of benzene rings is 1. The molecule has 0 aromatic heterocycles. The summed E-state index contributed by atoms with van der Waals surface area (Å²) in [6.07, 6.45) is 3.87. The largest absolute Gasteiger partial charge is 0.396 e. The fourth-order valence-electron chi connectivity index (χ4n) is 6.94. The van der Waals surface area contributed by atoms with Crippen LogP contribution >= 0.6 is 0 Å². The molecular formula is C28H42N4O5. The van der Waals surface area contributed by atoms with Gasteiger partial charge >= 0.3 is 0 Å². The zero-order chi connectivity index (χ0) is 26.8. The number of carbonyl (C=O) groups excluding carboxylic acids is 3. The topological polar surface area (TPSA) is 111 Å². The third kappa shape index (κ3) is 4.50. The molecule has 3 amide bonds. The van der Waals surface area contributed by atoms with Gasteiger partial charge in [-0.2, -0.15) is 0 Å². The highest BCUT2D eigenvalue weighted by Crippen LogP contribution is 2.64. The molecule has 3 aliphatic rings. The molecule has 9 heteroatoms. The lowest BCUT2D eigenvalue weighted by atomic mass is 9.65. The van der Waals surface area contributed by atoms with E-state index in [4.69, 9.17) is 4.74 Å². The lowest BCUT2D eigenvalue weighted by Crippen LogP contribution is -2.53. The van der Waals surface area contributed by atoms with Crippen LogP contribution in [0.4, 0.5) is 11.4 Å². The van der Waals surface area contributed by atoms with Gasteiger partial charge in [-0.15, -0.1) is 0 Å². The van der Waals surface area contributed by atoms with E-state index < -0.39 is 29.1 Å². The standard InChI is InChI=1S/C28H42N4O5/c1-5-27-15-16-28(37-27)22(21(27)24(34)29-4)26(36)32(17-9-8-10-18-33)23(28)25(35)30-19-11-13-20(14-12-19)31(6-2)7-3/h11-14,21-23,33H,5-10,15-18H2,1-4H3,(H,29,34)(H,30,35)/t21-,22-,23?,27+,28?/m0/s1. The maximum atomic E-state index is 13.9. The Morgan fingerprint density at radius 3 is 2.38 bits per heavy atom. The number of hydrogen-bond donors (Lipinski definition) is 3. The molecule has 3 fully saturated rings. The number of unbranched alkanes of at least 4 members (excludes halogenated alkanes) is 2. The van der Waals surface area contributed by atoms with Crippen LogP contribution in [0.3, 0.4) is 0 Å². The van der Waals surface area contributed by atoms with E-state index in [2.05, 4.69) is 29.4 Å². The first-order valence-electron chi connectivity index (χ1n) is 13.8. The number of rotatable bonds is 12. The van der Waals surface area contributed by atoms with Gasteiger partial charge in [0.1, 0.15) is 11.6 Å². The lowest BCUT2D eigenvalue weighted by molar-refractivity contribution is -0.145. The summed E-state index contributed by atoms with van der Waals surface area (Å²) in [4.78, 5) is 44.8. The normalized spacial score (nSPS) is 29.9. The molecule has 2 unspecified atom stereocenters. The van der Waals surface area contributed by atoms with E-state index in [0.717, 1.165) is 25.2 Å². The second-order valence-electron chi connectivity index (χ2n) is 10.5. The van der Waals surface area contributed by atoms with Crippen molar-refractivity contribution in [2.45, 2.75) is 76.5 Å². The van der Waals surface area contributed by atoms with Crippen LogP contribution in [-0.2, 0) is 19.1 Å². The van der Waals surface area contributed by atoms with Gasteiger partial charge in [0, 0.05) is 44.7 Å². The molecule has 0 saturated carbocycles. The van der Waals surface area contributed by atoms with Crippen LogP contribution in [0.2, 0.25) is 0 Å². The van der Waals surface area contributed by atoms with Crippen molar-refractivity contribution in [2.75, 3.05) is 43.5 Å². The molecule has 1 aromatic rings. The highest BCUT2D eigenvalue weighted by molar-refractivity contribution is 6.03. The summed E-state index contributed by atoms with van der Waals surface area (Å²) < 4.78 is 6.70. The zero-order valence-corrected chi connectivity index (χ0v) is 22.6. The predicted molar refractivity (Wildman–Crippen MR) is 142 cm³/mol. The molecule has 3 saturated heterocycles. The SMILES string of the molecule is CCN(CC)c1ccc(NC(=O)C2N(CCCCCO)C(=O)[C@@H]3[C@@H](C(=O)NC)[C@@]4(CC)CCC23O4)cc1. The molecule has 37 heavy (non-hydrogen) atoms. The van der Waals surface area contributed by atoms with Gasteiger partial charge in [-0.3, -0.25) is 14.4 Å². The van der Waals surface area contributed by atoms with Crippen LogP contribution < -0.4 is 15.5 Å². The first-order valence-corrected chi connectivity index (χ1v) is 13.8. The number of fused-ring (bicyclic) bond motifs is 1. The Bertz CT molecular complexity index is 997. The van der Waals surface area contributed by atoms with E-state index in [1.54, 1.807) is 11.9 Å². The quantitative estimate of drug-likeness (QED) is 0.370. The van der Waals surface area contributed by atoms with Crippen molar-refractivity contribution >= 4 is 29.1 Å². The monoisotopic (exact) mass is 514 g/mol. The third-order valence-electron chi connectivity index (χ3n) is 8.78. The number of amides is 3. The number of aliphatic hydroxyl groups is 1. The van der Waals surface area contributed by atoms with Crippen LogP contribution in [0.1, 0.15) is 59.3 Å². The molecule has 4 rings (SSSR count). The molecule has 1 aromatic carbocycles. The minimum absolute atomic E-state index is 0.0921. The number of nitrogens with zero attached hydrogens (tertiary/aromatic N) is 2. The minimum Gasteiger partial charge on any atom is -0.396 e. The van der Waals surface area contributed by atoms with Gasteiger partial charge in [0.05, 0.1) is 17.4 Å². The smallest absolute Gasteiger partial charge is 0.250 e. The fourth-order valence-corrected chi connectivity index (χ4v) is 6.94. The number of hydrogen-bond acceptors (Lipinski definition) is 6. The molecule has 0 radical (unpaired) electrons. The Morgan fingerprint density at radius 1 is 1.08 bits per heavy atom. The van der Waals surface area contributed by atoms with Crippen LogP contribution in [-0.4, -0.2) is 78.3 Å². The highest BCUT2D eigenvalue weighted by atomic mass is 16.5. The maximum absolute atomic E-state index is 13.9. The molecule has 1 spiro atoms. The van der Waals surface area contributed by atoms with Gasteiger partial charge in [-0.05, 0) is 76.6 Å². The average Bonchev–Trinajstić information content (AvgIpc) is 3.51. The van der Waals surface area contributed by atoms with E-state index in [1.165, 1.54) is 0 Å². The molecule has 204 valence electrons. The summed E-state index contributed by atoms with van der Waals surface area (Å²) in [6, 6.07) is 6.93. The van der Waals surface area contributed by atoms with Gasteiger partial charge in [0.25, 0.3) is 0 Å². The Hall–Kier alpha value is -2.65. The maximum Gasteiger partial charge on any atom is 0.250 e. The third-order valence-corrected chi connectivity index (χ3v) is 8.78. The van der Waals surface area contributed by atoms with E-state index in [9.17, 15) is 19.5 Å². The zero-order valence-electron chi connectivity index (χ0n) is 22.6. The summed E-state index contributed by atoms with van der Waals surface area (Å²) in [7, 11) is 1.59. The number of anilines is 2. The summed E-state index contributed by atoms with van der Waals surface area (Å²) in [5.74, 6) is -1.95. The van der Waals surface area contributed by atoms with Gasteiger partial charge < -0.3 is 30.3 Å². The van der Waals surface area contributed by atoms with Gasteiger partial charge in [-0.25, -0.2) is 0 Å². The molecule has 5 atom stereocenters. The molecule has 9 nitrogen and oxygen atoms in total. The summed E-state index contributed by atoms with van der Waals surface area (Å²) in [5.41, 5.74) is -0.00636. The first kappa shape index (κ1) is 27.4. The van der Waals surface area contributed by atoms with Gasteiger partial charge in [-0.1, -0.05) is 6.92 Å². The number of aliphatic hydroxyl groups excluding tert-OH is 1. The van der Waals surface area contributed by atoms with Crippen molar-refractivity contribution in [2.24, 2.45) is 11.8 Å². The average molecular weight is 515 g/mol. The Labute approximate surface area is 219 Å². The van der Waals surface area contributed by atoms with Crippen molar-refractivity contribution in [3.8, 4) is 0 Å². The van der Waals surface area contributed by atoms with Gasteiger partial charge in [0.15, 0.2) is 0 Å². The van der Waals surface area contributed by atoms with Crippen molar-refractivity contribution in [1.82, 2.24) is 10.2 Å². The number of carbonyl (C=O) groups is 3. The Balaban J connectivity index is 1.64. The highest BCUT2D eigenvalue weighted by Gasteiger charge is 2.78. The lowest BCUT2D eigenvalue weighted by Gasteiger charge is -2.33. The molecule has 3 heterocycles. The molecule has 3 N–H and O–H groups in total. The Morgan fingerprint density at radius 2 is 1.78 bits per heavy atom. The Kier molecular flexibility index (Phi) is 8.14. The summed E-state index contributed by atoms with van der Waals surface area (Å²) >= 11 is 0. The first-order chi connectivity index (χ1) is 17.8. The molecule has 0 aliphatic carbocycles. The number of ether oxygens (including phenoxy) is 1. The second-order valence-corrected chi connectivity index (χ2v) is 10.5. The van der Waals surface area contributed by atoms with E-state index in [0.29, 0.717) is 44.3 Å². The number of nitrogens with one attached hydrogen (secondary N) is 2. The number of likely N-dealkylation sites (tertiary alicyclic amines) is 1. The van der Waals surface area contributed by atoms with Crippen molar-refractivity contribution < 1.29 is 24.2 Å². The van der Waals surface area contributed by atoms with E-state index in [1.807, 2.05) is 31.2 Å². The van der Waals surface area contributed by atoms with Crippen LogP contribution in [0.25, 0.3) is 0 Å². The molecule has 2 bridgehead atoms. The summed E-state index contributed by atoms with van der Waals surface area (Å²) in [5, 5.41) is 15.0. The van der Waals surface area contributed by atoms with E-state index >= 15 is 0 Å². The fraction of sp³-hybridized carbons (Fsp3) is 0.679. The van der Waals surface area contributed by atoms with Crippen molar-refractivity contribution in [3.05, 3.63) is 24.3 Å². The van der Waals surface area contributed by atoms with Crippen LogP contribution in [0.15, 0.2) is 24.3 Å². The van der Waals surface area contributed by atoms with E-state index in [-0.39, 0.29) is 24.3 Å². The van der Waals surface area contributed by atoms with Gasteiger partial charge in [0.2, 0.25) is 17.7 Å². The predicted octanol–water partition coefficient (Wildman–Crippen LogP) is 2.53. The molecule has 3 aliphatic heterocycles. The van der Waals surface area contributed by atoms with Crippen molar-refractivity contribution in [3.63, 3.8) is 0 Å².